The molecule has 0 atom stereocenters. The zero-order valence-corrected chi connectivity index (χ0v) is 13.7. The van der Waals surface area contributed by atoms with Crippen LogP contribution < -0.4 is 5.32 Å². The molecule has 0 spiro atoms. The van der Waals surface area contributed by atoms with Crippen LogP contribution in [0.3, 0.4) is 0 Å². The summed E-state index contributed by atoms with van der Waals surface area (Å²) in [6.45, 7) is 3.50. The fraction of sp³-hybridized carbons (Fsp3) is 0.529. The van der Waals surface area contributed by atoms with Crippen molar-refractivity contribution in [3.05, 3.63) is 34.9 Å². The molecule has 5 heteroatoms. The number of piperidine rings is 1. The second-order valence-electron chi connectivity index (χ2n) is 5.78. The monoisotopic (exact) mass is 322 g/mol. The van der Waals surface area contributed by atoms with Gasteiger partial charge in [0.25, 0.3) is 0 Å². The molecule has 4 nitrogen and oxygen atoms in total. The van der Waals surface area contributed by atoms with Crippen molar-refractivity contribution in [2.75, 3.05) is 13.1 Å². The van der Waals surface area contributed by atoms with E-state index in [4.69, 9.17) is 11.6 Å². The molecular weight excluding hydrogens is 300 g/mol. The Morgan fingerprint density at radius 1 is 1.23 bits per heavy atom. The van der Waals surface area contributed by atoms with E-state index in [0.29, 0.717) is 17.9 Å². The van der Waals surface area contributed by atoms with Crippen molar-refractivity contribution in [1.82, 2.24) is 10.2 Å². The minimum Gasteiger partial charge on any atom is -0.353 e. The third kappa shape index (κ3) is 5.02. The van der Waals surface area contributed by atoms with Gasteiger partial charge in [-0.15, -0.1) is 0 Å². The summed E-state index contributed by atoms with van der Waals surface area (Å²) in [6.07, 6.45) is 3.54. The number of halogens is 1. The summed E-state index contributed by atoms with van der Waals surface area (Å²) in [4.78, 5) is 25.8. The molecule has 1 aromatic rings. The van der Waals surface area contributed by atoms with Crippen LogP contribution in [0.1, 0.15) is 38.2 Å². The van der Waals surface area contributed by atoms with Crippen molar-refractivity contribution in [1.29, 1.82) is 0 Å². The van der Waals surface area contributed by atoms with Crippen molar-refractivity contribution >= 4 is 23.4 Å². The molecule has 0 aromatic heterocycles. The second kappa shape index (κ2) is 8.18. The molecule has 1 fully saturated rings. The maximum absolute atomic E-state index is 12.1. The van der Waals surface area contributed by atoms with Gasteiger partial charge in [0.15, 0.2) is 0 Å². The van der Waals surface area contributed by atoms with Gasteiger partial charge in [0.1, 0.15) is 0 Å². The average molecular weight is 323 g/mol. The highest BCUT2D eigenvalue weighted by atomic mass is 35.5. The third-order valence-electron chi connectivity index (χ3n) is 3.95. The van der Waals surface area contributed by atoms with Crippen LogP contribution in [0.5, 0.6) is 0 Å². The van der Waals surface area contributed by atoms with Crippen molar-refractivity contribution < 1.29 is 9.59 Å². The maximum atomic E-state index is 12.1. The fourth-order valence-electron chi connectivity index (χ4n) is 2.71. The zero-order chi connectivity index (χ0) is 15.9. The number of nitrogens with zero attached hydrogens (tertiary/aromatic N) is 1. The lowest BCUT2D eigenvalue weighted by Gasteiger charge is -2.32. The molecule has 0 aliphatic carbocycles. The van der Waals surface area contributed by atoms with Crippen molar-refractivity contribution in [2.24, 2.45) is 0 Å². The zero-order valence-electron chi connectivity index (χ0n) is 13.0. The summed E-state index contributed by atoms with van der Waals surface area (Å²) >= 11 is 5.83. The first kappa shape index (κ1) is 16.8. The Morgan fingerprint density at radius 3 is 2.45 bits per heavy atom. The number of benzene rings is 1. The number of hydrogen-bond donors (Lipinski definition) is 1. The van der Waals surface area contributed by atoms with Gasteiger partial charge in [-0.2, -0.15) is 0 Å². The van der Waals surface area contributed by atoms with Crippen LogP contribution in [-0.2, 0) is 16.0 Å². The normalized spacial score (nSPS) is 15.6. The van der Waals surface area contributed by atoms with Gasteiger partial charge in [-0.1, -0.05) is 30.7 Å². The summed E-state index contributed by atoms with van der Waals surface area (Å²) in [5.74, 6) is 0.258. The molecule has 1 aliphatic rings. The highest BCUT2D eigenvalue weighted by molar-refractivity contribution is 6.30. The Bertz CT molecular complexity index is 508. The number of nitrogens with one attached hydrogen (secondary N) is 1. The summed E-state index contributed by atoms with van der Waals surface area (Å²) in [7, 11) is 0. The lowest BCUT2D eigenvalue weighted by Crippen LogP contribution is -2.46. The van der Waals surface area contributed by atoms with Crippen LogP contribution in [0.4, 0.5) is 0 Å². The summed E-state index contributed by atoms with van der Waals surface area (Å²) in [5.41, 5.74) is 0.956. The molecule has 1 aliphatic heterocycles. The van der Waals surface area contributed by atoms with E-state index >= 15 is 0 Å². The van der Waals surface area contributed by atoms with Gasteiger partial charge in [0.2, 0.25) is 11.8 Å². The summed E-state index contributed by atoms with van der Waals surface area (Å²) < 4.78 is 0. The van der Waals surface area contributed by atoms with Crippen LogP contribution in [-0.4, -0.2) is 35.8 Å². The Balaban J connectivity index is 1.74. The number of hydrogen-bond acceptors (Lipinski definition) is 2. The van der Waals surface area contributed by atoms with E-state index in [-0.39, 0.29) is 17.9 Å². The quantitative estimate of drug-likeness (QED) is 0.906. The number of carbonyl (C=O) groups is 2. The minimum absolute atomic E-state index is 0.0284. The Hall–Kier alpha value is -1.55. The molecule has 1 aromatic carbocycles. The first-order chi connectivity index (χ1) is 10.6. The summed E-state index contributed by atoms with van der Waals surface area (Å²) in [6, 6.07) is 7.50. The van der Waals surface area contributed by atoms with Gasteiger partial charge in [-0.25, -0.2) is 0 Å². The van der Waals surface area contributed by atoms with E-state index in [0.717, 1.165) is 37.9 Å². The second-order valence-corrected chi connectivity index (χ2v) is 6.21. The molecule has 1 N–H and O–H groups in total. The standard InChI is InChI=1S/C17H23ClN2O2/c1-2-3-17(22)20-10-8-15(9-11-20)19-16(21)12-13-4-6-14(18)7-5-13/h4-7,15H,2-3,8-12H2,1H3,(H,19,21). The molecule has 0 saturated carbocycles. The molecule has 120 valence electrons. The number of rotatable bonds is 5. The van der Waals surface area contributed by atoms with Gasteiger partial charge >= 0.3 is 0 Å². The molecule has 2 amide bonds. The van der Waals surface area contributed by atoms with Crippen LogP contribution in [0.2, 0.25) is 5.02 Å². The Morgan fingerprint density at radius 2 is 1.86 bits per heavy atom. The van der Waals surface area contributed by atoms with Gasteiger partial charge in [0, 0.05) is 30.6 Å². The molecule has 0 bridgehead atoms. The lowest BCUT2D eigenvalue weighted by atomic mass is 10.0. The average Bonchev–Trinajstić information content (AvgIpc) is 2.50. The first-order valence-electron chi connectivity index (χ1n) is 7.90. The topological polar surface area (TPSA) is 49.4 Å². The highest BCUT2D eigenvalue weighted by Crippen LogP contribution is 2.13. The molecule has 0 radical (unpaired) electrons. The highest BCUT2D eigenvalue weighted by Gasteiger charge is 2.23. The van der Waals surface area contributed by atoms with Gasteiger partial charge in [0.05, 0.1) is 6.42 Å². The minimum atomic E-state index is 0.0284. The van der Waals surface area contributed by atoms with Crippen LogP contribution >= 0.6 is 11.6 Å². The van der Waals surface area contributed by atoms with E-state index in [2.05, 4.69) is 5.32 Å². The predicted octanol–water partition coefficient (Wildman–Crippen LogP) is 2.79. The van der Waals surface area contributed by atoms with E-state index in [1.165, 1.54) is 0 Å². The number of amides is 2. The van der Waals surface area contributed by atoms with Crippen LogP contribution in [0.15, 0.2) is 24.3 Å². The van der Waals surface area contributed by atoms with Crippen LogP contribution in [0.25, 0.3) is 0 Å². The van der Waals surface area contributed by atoms with Gasteiger partial charge in [-0.3, -0.25) is 9.59 Å². The summed E-state index contributed by atoms with van der Waals surface area (Å²) in [5, 5.41) is 3.74. The molecule has 2 rings (SSSR count). The van der Waals surface area contributed by atoms with Crippen LogP contribution in [0, 0.1) is 0 Å². The van der Waals surface area contributed by atoms with E-state index in [1.807, 2.05) is 24.0 Å². The van der Waals surface area contributed by atoms with Crippen molar-refractivity contribution in [3.63, 3.8) is 0 Å². The van der Waals surface area contributed by atoms with Gasteiger partial charge < -0.3 is 10.2 Å². The fourth-order valence-corrected chi connectivity index (χ4v) is 2.84. The first-order valence-corrected chi connectivity index (χ1v) is 8.28. The lowest BCUT2D eigenvalue weighted by molar-refractivity contribution is -0.132. The Kier molecular flexibility index (Phi) is 6.25. The van der Waals surface area contributed by atoms with Crippen molar-refractivity contribution in [3.8, 4) is 0 Å². The predicted molar refractivity (Wildman–Crippen MR) is 87.8 cm³/mol. The van der Waals surface area contributed by atoms with Crippen molar-refractivity contribution in [2.45, 2.75) is 45.1 Å². The number of likely N-dealkylation sites (tertiary alicyclic amines) is 1. The molecule has 0 unspecified atom stereocenters. The molecule has 1 saturated heterocycles. The Labute approximate surface area is 136 Å². The van der Waals surface area contributed by atoms with E-state index < -0.39 is 0 Å². The number of carbonyl (C=O) groups excluding carboxylic acids is 2. The molecular formula is C17H23ClN2O2. The van der Waals surface area contributed by atoms with E-state index in [9.17, 15) is 9.59 Å². The smallest absolute Gasteiger partial charge is 0.224 e. The molecule has 1 heterocycles. The molecule has 22 heavy (non-hydrogen) atoms. The third-order valence-corrected chi connectivity index (χ3v) is 4.21. The maximum Gasteiger partial charge on any atom is 0.224 e. The largest absolute Gasteiger partial charge is 0.353 e. The SMILES string of the molecule is CCCC(=O)N1CCC(NC(=O)Cc2ccc(Cl)cc2)CC1. The van der Waals surface area contributed by atoms with E-state index in [1.54, 1.807) is 12.1 Å². The van der Waals surface area contributed by atoms with Gasteiger partial charge in [-0.05, 0) is 37.0 Å².